The summed E-state index contributed by atoms with van der Waals surface area (Å²) in [6.07, 6.45) is 3.98. The van der Waals surface area contributed by atoms with Crippen LogP contribution < -0.4 is 9.75 Å². The van der Waals surface area contributed by atoms with Gasteiger partial charge in [0.2, 0.25) is 0 Å². The molecule has 6 rings (SSSR count). The molecular formula is C33H48N3OPSi. The van der Waals surface area contributed by atoms with Crippen molar-refractivity contribution in [2.24, 2.45) is 11.8 Å². The van der Waals surface area contributed by atoms with Crippen molar-refractivity contribution in [2.45, 2.75) is 98.6 Å². The van der Waals surface area contributed by atoms with Crippen molar-refractivity contribution >= 4 is 27.8 Å². The first-order chi connectivity index (χ1) is 18.7. The minimum atomic E-state index is -2.89. The summed E-state index contributed by atoms with van der Waals surface area (Å²) in [5, 5.41) is 3.09. The van der Waals surface area contributed by atoms with Crippen LogP contribution in [0, 0.1) is 11.8 Å². The largest absolute Gasteiger partial charge is 0.432 e. The van der Waals surface area contributed by atoms with Gasteiger partial charge in [0.1, 0.15) is 8.30 Å². The molecule has 4 bridgehead atoms. The number of nitrogens with zero attached hydrogens (tertiary/aromatic N) is 3. The van der Waals surface area contributed by atoms with Crippen LogP contribution in [-0.4, -0.2) is 43.0 Å². The second-order valence-corrected chi connectivity index (χ2v) is 18.4. The van der Waals surface area contributed by atoms with Crippen LogP contribution in [0.5, 0.6) is 0 Å². The van der Waals surface area contributed by atoms with Gasteiger partial charge < -0.3 is 8.78 Å². The SMILES string of the molecule is CC(C)c1cccc(C(C)C)c1N1C2=C([C@H]3CC[C@@H]2C3)P2O[Si@@]1(c1ccccc1)N(C(C)C)CCN2C(C)C. The van der Waals surface area contributed by atoms with E-state index in [1.807, 2.05) is 0 Å². The molecule has 1 saturated carbocycles. The zero-order valence-corrected chi connectivity index (χ0v) is 27.2. The average molecular weight is 562 g/mol. The molecule has 2 aromatic rings. The van der Waals surface area contributed by atoms with Crippen molar-refractivity contribution < 1.29 is 4.21 Å². The molecule has 2 aromatic carbocycles. The van der Waals surface area contributed by atoms with Crippen molar-refractivity contribution in [3.05, 3.63) is 70.7 Å². The number of anilines is 1. The van der Waals surface area contributed by atoms with E-state index in [9.17, 15) is 0 Å². The Labute approximate surface area is 239 Å². The minimum absolute atomic E-state index is 0.387. The Kier molecular flexibility index (Phi) is 7.38. The van der Waals surface area contributed by atoms with Crippen LogP contribution >= 0.6 is 8.30 Å². The smallest absolute Gasteiger partial charge is 0.343 e. The van der Waals surface area contributed by atoms with Gasteiger partial charge in [-0.3, -0.25) is 9.24 Å². The number of benzene rings is 2. The lowest BCUT2D eigenvalue weighted by Crippen LogP contribution is -2.76. The quantitative estimate of drug-likeness (QED) is 0.263. The van der Waals surface area contributed by atoms with Gasteiger partial charge in [0.15, 0.2) is 0 Å². The highest BCUT2D eigenvalue weighted by molar-refractivity contribution is 7.57. The molecule has 2 aliphatic heterocycles. The molecule has 0 aromatic heterocycles. The molecule has 2 heterocycles. The first-order valence-corrected chi connectivity index (χ1v) is 18.4. The summed E-state index contributed by atoms with van der Waals surface area (Å²) in [5.74, 6) is 2.21. The summed E-state index contributed by atoms with van der Waals surface area (Å²) in [5.41, 5.74) is 6.09. The van der Waals surface area contributed by atoms with E-state index in [0.717, 1.165) is 13.1 Å². The second-order valence-electron chi connectivity index (χ2n) is 13.3. The van der Waals surface area contributed by atoms with Crippen molar-refractivity contribution in [2.75, 3.05) is 17.7 Å². The molecule has 0 spiro atoms. The third-order valence-electron chi connectivity index (χ3n) is 9.56. The van der Waals surface area contributed by atoms with Gasteiger partial charge in [-0.25, -0.2) is 0 Å². The summed E-state index contributed by atoms with van der Waals surface area (Å²) in [4.78, 5) is 0. The zero-order chi connectivity index (χ0) is 27.6. The fourth-order valence-electron chi connectivity index (χ4n) is 7.77. The number of para-hydroxylation sites is 1. The topological polar surface area (TPSA) is 19.0 Å². The first kappa shape index (κ1) is 27.7. The highest BCUT2D eigenvalue weighted by atomic mass is 31.2. The molecule has 2 fully saturated rings. The number of allylic oxidation sites excluding steroid dienone is 2. The fraction of sp³-hybridized carbons (Fsp3) is 0.576. The maximum absolute atomic E-state index is 8.00. The van der Waals surface area contributed by atoms with E-state index in [2.05, 4.69) is 118 Å². The molecule has 0 N–H and O–H groups in total. The summed E-state index contributed by atoms with van der Waals surface area (Å²) >= 11 is 0. The third kappa shape index (κ3) is 4.22. The van der Waals surface area contributed by atoms with E-state index < -0.39 is 16.9 Å². The van der Waals surface area contributed by atoms with Crippen molar-refractivity contribution in [1.29, 1.82) is 0 Å². The Balaban J connectivity index is 1.75. The van der Waals surface area contributed by atoms with Crippen LogP contribution in [0.3, 0.4) is 0 Å². The van der Waals surface area contributed by atoms with Crippen molar-refractivity contribution in [3.63, 3.8) is 0 Å². The molecule has 210 valence electrons. The summed E-state index contributed by atoms with van der Waals surface area (Å²) in [6.45, 7) is 21.2. The van der Waals surface area contributed by atoms with E-state index in [4.69, 9.17) is 4.21 Å². The van der Waals surface area contributed by atoms with Gasteiger partial charge in [-0.2, -0.15) is 0 Å². The lowest BCUT2D eigenvalue weighted by atomic mass is 9.92. The Bertz CT molecular complexity index is 1220. The highest BCUT2D eigenvalue weighted by Gasteiger charge is 2.65. The summed E-state index contributed by atoms with van der Waals surface area (Å²) in [6, 6.07) is 19.4. The maximum atomic E-state index is 8.00. The van der Waals surface area contributed by atoms with Gasteiger partial charge in [0, 0.05) is 47.1 Å². The Morgan fingerprint density at radius 1 is 0.769 bits per heavy atom. The van der Waals surface area contributed by atoms with Crippen molar-refractivity contribution in [1.82, 2.24) is 9.24 Å². The number of rotatable bonds is 6. The van der Waals surface area contributed by atoms with Gasteiger partial charge in [-0.1, -0.05) is 90.1 Å². The molecular weight excluding hydrogens is 513 g/mol. The Hall–Kier alpha value is -1.49. The maximum Gasteiger partial charge on any atom is 0.432 e. The van der Waals surface area contributed by atoms with Crippen LogP contribution in [-0.2, 0) is 4.21 Å². The highest BCUT2D eigenvalue weighted by Crippen LogP contribution is 2.70. The standard InChI is InChI=1S/C33H48N3OPSi/c1-22(2)29-15-12-16-30(23(3)4)32(29)36-31-26-17-18-27(21-26)33(31)38-34(24(5)6)19-20-35(25(7)8)39(36,37-38)28-13-10-9-11-14-28/h9-16,22-27H,17-21H2,1-8H3/t26-,27+,38?,39+/m1/s1. The molecule has 2 aliphatic carbocycles. The van der Waals surface area contributed by atoms with Crippen LogP contribution in [0.4, 0.5) is 5.69 Å². The lowest BCUT2D eigenvalue weighted by molar-refractivity contribution is 0.296. The molecule has 1 unspecified atom stereocenters. The Morgan fingerprint density at radius 3 is 2.00 bits per heavy atom. The number of fused-ring (bicyclic) bond motifs is 7. The molecule has 0 amide bonds. The van der Waals surface area contributed by atoms with E-state index in [1.165, 1.54) is 41.3 Å². The molecule has 0 radical (unpaired) electrons. The first-order valence-electron chi connectivity index (χ1n) is 15.4. The molecule has 4 atom stereocenters. The van der Waals surface area contributed by atoms with E-state index >= 15 is 0 Å². The Morgan fingerprint density at radius 2 is 1.41 bits per heavy atom. The van der Waals surface area contributed by atoms with Crippen molar-refractivity contribution in [3.8, 4) is 0 Å². The van der Waals surface area contributed by atoms with E-state index in [-0.39, 0.29) is 0 Å². The van der Waals surface area contributed by atoms with Crippen LogP contribution in [0.2, 0.25) is 0 Å². The average Bonchev–Trinajstić information content (AvgIpc) is 3.49. The summed E-state index contributed by atoms with van der Waals surface area (Å²) in [7, 11) is -3.70. The predicted molar refractivity (Wildman–Crippen MR) is 168 cm³/mol. The number of hydrogen-bond acceptors (Lipinski definition) is 4. The van der Waals surface area contributed by atoms with Gasteiger partial charge in [-0.15, -0.1) is 0 Å². The molecule has 6 heteroatoms. The molecule has 4 aliphatic rings. The molecule has 1 saturated heterocycles. The van der Waals surface area contributed by atoms with Gasteiger partial charge in [0.25, 0.3) is 0 Å². The third-order valence-corrected chi connectivity index (χ3v) is 17.1. The van der Waals surface area contributed by atoms with Gasteiger partial charge in [-0.05, 0) is 67.9 Å². The van der Waals surface area contributed by atoms with E-state index in [0.29, 0.717) is 35.8 Å². The second kappa shape index (κ2) is 10.4. The lowest BCUT2D eigenvalue weighted by Gasteiger charge is -2.56. The van der Waals surface area contributed by atoms with Crippen LogP contribution in [0.1, 0.15) is 97.6 Å². The van der Waals surface area contributed by atoms with Crippen LogP contribution in [0.25, 0.3) is 0 Å². The predicted octanol–water partition coefficient (Wildman–Crippen LogP) is 8.00. The summed E-state index contributed by atoms with van der Waals surface area (Å²) < 4.78 is 16.5. The minimum Gasteiger partial charge on any atom is -0.343 e. The zero-order valence-electron chi connectivity index (χ0n) is 25.3. The molecule has 39 heavy (non-hydrogen) atoms. The molecule has 4 nitrogen and oxygen atoms in total. The fourth-order valence-corrected chi connectivity index (χ4v) is 16.6. The van der Waals surface area contributed by atoms with Gasteiger partial charge >= 0.3 is 8.64 Å². The normalized spacial score (nSPS) is 29.3. The van der Waals surface area contributed by atoms with E-state index in [1.54, 1.807) is 11.0 Å². The van der Waals surface area contributed by atoms with Gasteiger partial charge in [0.05, 0.1) is 0 Å². The number of hydrogen-bond donors (Lipinski definition) is 0. The monoisotopic (exact) mass is 561 g/mol. The van der Waals surface area contributed by atoms with Crippen LogP contribution in [0.15, 0.2) is 59.5 Å².